The predicted octanol–water partition coefficient (Wildman–Crippen LogP) is 5.19. The van der Waals surface area contributed by atoms with Gasteiger partial charge >= 0.3 is 6.18 Å². The van der Waals surface area contributed by atoms with Crippen LogP contribution in [0.5, 0.6) is 0 Å². The van der Waals surface area contributed by atoms with Crippen LogP contribution >= 0.6 is 11.6 Å². The van der Waals surface area contributed by atoms with E-state index in [1.807, 2.05) is 11.8 Å². The average molecular weight is 461 g/mol. The molecule has 5 nitrogen and oxygen atoms in total. The number of amides is 1. The number of fused-ring (bicyclic) bond motifs is 1. The average Bonchev–Trinajstić information content (AvgIpc) is 2.77. The molecule has 1 aliphatic heterocycles. The number of halogens is 4. The third-order valence-corrected chi connectivity index (χ3v) is 5.92. The summed E-state index contributed by atoms with van der Waals surface area (Å²) in [5.74, 6) is 0.505. The molecular weight excluding hydrogens is 441 g/mol. The van der Waals surface area contributed by atoms with Gasteiger partial charge in [-0.15, -0.1) is 0 Å². The predicted molar refractivity (Wildman–Crippen MR) is 119 cm³/mol. The van der Waals surface area contributed by atoms with Crippen molar-refractivity contribution in [2.45, 2.75) is 19.1 Å². The fourth-order valence-corrected chi connectivity index (χ4v) is 4.35. The van der Waals surface area contributed by atoms with Crippen molar-refractivity contribution in [2.75, 3.05) is 24.5 Å². The highest BCUT2D eigenvalue weighted by Gasteiger charge is 2.34. The summed E-state index contributed by atoms with van der Waals surface area (Å²) in [5.41, 5.74) is -0.0141. The van der Waals surface area contributed by atoms with Crippen molar-refractivity contribution in [3.8, 4) is 11.1 Å². The summed E-state index contributed by atoms with van der Waals surface area (Å²) >= 11 is 6.48. The zero-order valence-electron chi connectivity index (χ0n) is 17.2. The van der Waals surface area contributed by atoms with Gasteiger partial charge in [0.15, 0.2) is 0 Å². The zero-order valence-corrected chi connectivity index (χ0v) is 18.0. The molecule has 0 bridgehead atoms. The van der Waals surface area contributed by atoms with Gasteiger partial charge in [-0.2, -0.15) is 13.2 Å². The van der Waals surface area contributed by atoms with Crippen LogP contribution in [-0.2, 0) is 11.0 Å². The first-order chi connectivity index (χ1) is 15.2. The molecule has 4 rings (SSSR count). The van der Waals surface area contributed by atoms with Gasteiger partial charge in [0.05, 0.1) is 11.1 Å². The molecule has 1 aromatic heterocycles. The van der Waals surface area contributed by atoms with Crippen molar-refractivity contribution in [3.63, 3.8) is 0 Å². The first-order valence-electron chi connectivity index (χ1n) is 9.99. The van der Waals surface area contributed by atoms with E-state index in [1.165, 1.54) is 24.5 Å². The van der Waals surface area contributed by atoms with Gasteiger partial charge in [0.2, 0.25) is 5.91 Å². The Morgan fingerprint density at radius 2 is 1.94 bits per heavy atom. The number of rotatable bonds is 3. The van der Waals surface area contributed by atoms with Gasteiger partial charge in [-0.1, -0.05) is 36.4 Å². The number of hydrogen-bond acceptors (Lipinski definition) is 4. The van der Waals surface area contributed by atoms with Gasteiger partial charge < -0.3 is 9.80 Å². The molecule has 2 aromatic carbocycles. The largest absolute Gasteiger partial charge is 0.417 e. The van der Waals surface area contributed by atoms with Crippen molar-refractivity contribution in [1.82, 2.24) is 14.9 Å². The van der Waals surface area contributed by atoms with Gasteiger partial charge in [0.25, 0.3) is 0 Å². The number of carbonyl (C=O) groups is 1. The molecule has 166 valence electrons. The summed E-state index contributed by atoms with van der Waals surface area (Å²) in [7, 11) is 0. The molecule has 3 aromatic rings. The van der Waals surface area contributed by atoms with Crippen molar-refractivity contribution >= 4 is 34.2 Å². The van der Waals surface area contributed by atoms with Crippen LogP contribution in [0.2, 0.25) is 5.02 Å². The quantitative estimate of drug-likeness (QED) is 0.504. The van der Waals surface area contributed by atoms with Gasteiger partial charge in [-0.3, -0.25) is 4.79 Å². The molecule has 9 heteroatoms. The highest BCUT2D eigenvalue weighted by atomic mass is 35.5. The second-order valence-electron chi connectivity index (χ2n) is 7.62. The van der Waals surface area contributed by atoms with E-state index in [0.29, 0.717) is 36.4 Å². The van der Waals surface area contributed by atoms with Crippen LogP contribution in [0.15, 0.2) is 55.4 Å². The van der Waals surface area contributed by atoms with Crippen LogP contribution in [0.3, 0.4) is 0 Å². The minimum atomic E-state index is -4.51. The number of piperazine rings is 1. The zero-order chi connectivity index (χ0) is 23.0. The molecule has 0 N–H and O–H groups in total. The molecule has 1 amide bonds. The molecule has 1 aliphatic rings. The minimum Gasteiger partial charge on any atom is -0.352 e. The van der Waals surface area contributed by atoms with Gasteiger partial charge in [-0.05, 0) is 36.8 Å². The number of aromatic nitrogens is 2. The fraction of sp³-hybridized carbons (Fsp3) is 0.261. The number of anilines is 1. The Balaban J connectivity index is 1.75. The van der Waals surface area contributed by atoms with Crippen molar-refractivity contribution in [2.24, 2.45) is 0 Å². The Hall–Kier alpha value is -3.13. The summed E-state index contributed by atoms with van der Waals surface area (Å²) in [4.78, 5) is 24.5. The summed E-state index contributed by atoms with van der Waals surface area (Å²) in [5, 5.41) is 0.820. The summed E-state index contributed by atoms with van der Waals surface area (Å²) in [6.45, 7) is 7.08. The van der Waals surface area contributed by atoms with Gasteiger partial charge in [-0.25, -0.2) is 9.97 Å². The number of alkyl halides is 3. The maximum absolute atomic E-state index is 13.5. The standard InChI is InChI=1S/C23H20ClF3N4O/c1-3-21(32)31-9-8-30(12-14(31)2)22-17-10-19(24)16(11-20(17)28-13-29-22)15-6-4-5-7-18(15)23(25,26)27/h3-7,10-11,13-14H,1,8-9,12H2,2H3. The van der Waals surface area contributed by atoms with Crippen LogP contribution in [0.25, 0.3) is 22.0 Å². The van der Waals surface area contributed by atoms with E-state index in [2.05, 4.69) is 16.5 Å². The highest BCUT2D eigenvalue weighted by molar-refractivity contribution is 6.34. The Labute approximate surface area is 188 Å². The lowest BCUT2D eigenvalue weighted by atomic mass is 9.98. The summed E-state index contributed by atoms with van der Waals surface area (Å²) in [6.07, 6.45) is -1.83. The lowest BCUT2D eigenvalue weighted by Crippen LogP contribution is -2.54. The van der Waals surface area contributed by atoms with Crippen molar-refractivity contribution < 1.29 is 18.0 Å². The van der Waals surface area contributed by atoms with E-state index in [1.54, 1.807) is 23.1 Å². The Bertz CT molecular complexity index is 1200. The Morgan fingerprint density at radius 1 is 1.19 bits per heavy atom. The second kappa shape index (κ2) is 8.43. The molecule has 0 radical (unpaired) electrons. The molecule has 1 fully saturated rings. The number of carbonyl (C=O) groups excluding carboxylic acids is 1. The van der Waals surface area contributed by atoms with E-state index in [9.17, 15) is 18.0 Å². The van der Waals surface area contributed by atoms with E-state index >= 15 is 0 Å². The second-order valence-corrected chi connectivity index (χ2v) is 8.03. The highest BCUT2D eigenvalue weighted by Crippen LogP contribution is 2.41. The Kier molecular flexibility index (Phi) is 5.81. The van der Waals surface area contributed by atoms with E-state index in [4.69, 9.17) is 11.6 Å². The normalized spacial score (nSPS) is 17.0. The third-order valence-electron chi connectivity index (χ3n) is 5.61. The first-order valence-corrected chi connectivity index (χ1v) is 10.4. The summed E-state index contributed by atoms with van der Waals surface area (Å²) in [6, 6.07) is 8.44. The van der Waals surface area contributed by atoms with Crippen LogP contribution in [-0.4, -0.2) is 46.5 Å². The van der Waals surface area contributed by atoms with Crippen LogP contribution in [0, 0.1) is 0 Å². The lowest BCUT2D eigenvalue weighted by Gasteiger charge is -2.40. The Morgan fingerprint density at radius 3 is 2.62 bits per heavy atom. The molecule has 1 unspecified atom stereocenters. The van der Waals surface area contributed by atoms with Gasteiger partial charge in [0.1, 0.15) is 12.1 Å². The van der Waals surface area contributed by atoms with Crippen LogP contribution in [0.1, 0.15) is 12.5 Å². The van der Waals surface area contributed by atoms with E-state index in [-0.39, 0.29) is 28.1 Å². The SMILES string of the molecule is C=CC(=O)N1CCN(c2ncnc3cc(-c4ccccc4C(F)(F)F)c(Cl)cc23)CC1C. The van der Waals surface area contributed by atoms with E-state index < -0.39 is 11.7 Å². The van der Waals surface area contributed by atoms with Crippen molar-refractivity contribution in [3.05, 3.63) is 66.0 Å². The van der Waals surface area contributed by atoms with Crippen molar-refractivity contribution in [1.29, 1.82) is 0 Å². The molecule has 2 heterocycles. The van der Waals surface area contributed by atoms with Crippen LogP contribution in [0.4, 0.5) is 19.0 Å². The third kappa shape index (κ3) is 4.02. The molecule has 1 saturated heterocycles. The smallest absolute Gasteiger partial charge is 0.352 e. The fourth-order valence-electron chi connectivity index (χ4n) is 4.08. The molecule has 0 saturated carbocycles. The van der Waals surface area contributed by atoms with Gasteiger partial charge in [0, 0.05) is 41.6 Å². The first kappa shape index (κ1) is 22.1. The molecule has 1 atom stereocenters. The lowest BCUT2D eigenvalue weighted by molar-refractivity contribution is -0.137. The summed E-state index contributed by atoms with van der Waals surface area (Å²) < 4.78 is 40.6. The van der Waals surface area contributed by atoms with E-state index in [0.717, 1.165) is 6.07 Å². The molecular formula is C23H20ClF3N4O. The molecule has 32 heavy (non-hydrogen) atoms. The van der Waals surface area contributed by atoms with Crippen LogP contribution < -0.4 is 4.90 Å². The minimum absolute atomic E-state index is 0.00256. The molecule has 0 spiro atoms. The number of benzene rings is 2. The maximum atomic E-state index is 13.5. The monoisotopic (exact) mass is 460 g/mol. The topological polar surface area (TPSA) is 49.3 Å². The maximum Gasteiger partial charge on any atom is 0.417 e. The molecule has 0 aliphatic carbocycles. The number of hydrogen-bond donors (Lipinski definition) is 0. The number of nitrogens with zero attached hydrogens (tertiary/aromatic N) is 4.